The van der Waals surface area contributed by atoms with Gasteiger partial charge in [-0.1, -0.05) is 63.2 Å². The Morgan fingerprint density at radius 2 is 1.76 bits per heavy atom. The van der Waals surface area contributed by atoms with Crippen molar-refractivity contribution >= 4 is 29.1 Å². The van der Waals surface area contributed by atoms with E-state index in [1.54, 1.807) is 12.0 Å². The van der Waals surface area contributed by atoms with E-state index in [0.717, 1.165) is 59.5 Å². The summed E-state index contributed by atoms with van der Waals surface area (Å²) < 4.78 is 12.7. The van der Waals surface area contributed by atoms with E-state index in [1.165, 1.54) is 0 Å². The highest BCUT2D eigenvalue weighted by atomic mass is 16.5. The summed E-state index contributed by atoms with van der Waals surface area (Å²) in [6.07, 6.45) is 3.42. The van der Waals surface area contributed by atoms with E-state index in [4.69, 9.17) is 9.47 Å². The number of anilines is 2. The van der Waals surface area contributed by atoms with Gasteiger partial charge in [-0.3, -0.25) is 14.4 Å². The lowest BCUT2D eigenvalue weighted by Crippen LogP contribution is -2.46. The number of ether oxygens (including phenoxy) is 2. The van der Waals surface area contributed by atoms with Gasteiger partial charge in [-0.25, -0.2) is 0 Å². The van der Waals surface area contributed by atoms with Crippen molar-refractivity contribution in [1.29, 1.82) is 0 Å². The summed E-state index contributed by atoms with van der Waals surface area (Å²) >= 11 is 0. The maximum absolute atomic E-state index is 15.2. The Balaban J connectivity index is 1.35. The number of carbonyl (C=O) groups excluding carboxylic acids is 3. The number of hydrogen-bond donors (Lipinski definition) is 1. The molecule has 0 saturated carbocycles. The number of likely N-dealkylation sites (tertiary alicyclic amines) is 1. The number of piperidine rings is 1. The Bertz CT molecular complexity index is 1740. The zero-order chi connectivity index (χ0) is 35.2. The van der Waals surface area contributed by atoms with Crippen molar-refractivity contribution in [2.45, 2.75) is 89.0 Å². The minimum absolute atomic E-state index is 0.0641. The number of methoxy groups -OCH3 is 1. The molecule has 9 heteroatoms. The molecule has 1 spiro atoms. The lowest BCUT2D eigenvalue weighted by atomic mass is 9.63. The van der Waals surface area contributed by atoms with Crippen LogP contribution in [0.3, 0.4) is 0 Å². The fraction of sp³-hybridized carbons (Fsp3) is 0.488. The number of hydrogen-bond acceptors (Lipinski definition) is 6. The van der Waals surface area contributed by atoms with Crippen molar-refractivity contribution in [3.63, 3.8) is 0 Å². The highest BCUT2D eigenvalue weighted by Crippen LogP contribution is 2.60. The molecule has 4 heterocycles. The van der Waals surface area contributed by atoms with Crippen LogP contribution in [0.4, 0.5) is 11.4 Å². The van der Waals surface area contributed by atoms with Crippen LogP contribution >= 0.6 is 0 Å². The van der Waals surface area contributed by atoms with E-state index >= 15 is 4.79 Å². The number of carbonyl (C=O) groups is 3. The third kappa shape index (κ3) is 5.68. The SMILES string of the molecule is COc1ccc(C(C)(C)[C@H]2[C@H](CC(=O)N3CCC[C@H]3CO)O[C@@]3(C(=O)N(Cc4ccccc4)c4ccc(N5CCCCC5=O)cc43)[C@@H]2C)cc1. The molecule has 0 radical (unpaired) electrons. The number of aliphatic hydroxyl groups excluding tert-OH is 1. The third-order valence-electron chi connectivity index (χ3n) is 11.9. The average molecular weight is 680 g/mol. The minimum atomic E-state index is -1.38. The first-order chi connectivity index (χ1) is 24.1. The third-order valence-corrected chi connectivity index (χ3v) is 11.9. The van der Waals surface area contributed by atoms with E-state index < -0.39 is 17.1 Å². The van der Waals surface area contributed by atoms with Crippen LogP contribution < -0.4 is 14.5 Å². The van der Waals surface area contributed by atoms with Gasteiger partial charge in [-0.2, -0.15) is 0 Å². The van der Waals surface area contributed by atoms with Crippen molar-refractivity contribution in [3.05, 3.63) is 89.5 Å². The molecule has 0 unspecified atom stereocenters. The molecule has 3 aromatic rings. The molecular weight excluding hydrogens is 630 g/mol. The Morgan fingerprint density at radius 3 is 2.46 bits per heavy atom. The Kier molecular flexibility index (Phi) is 9.24. The molecule has 5 atom stereocenters. The maximum Gasteiger partial charge on any atom is 0.264 e. The average Bonchev–Trinajstić information content (AvgIpc) is 3.79. The van der Waals surface area contributed by atoms with Gasteiger partial charge >= 0.3 is 0 Å². The molecule has 0 bridgehead atoms. The number of benzene rings is 3. The van der Waals surface area contributed by atoms with E-state index in [9.17, 15) is 14.7 Å². The molecule has 4 aliphatic heterocycles. The van der Waals surface area contributed by atoms with Crippen molar-refractivity contribution in [3.8, 4) is 5.75 Å². The fourth-order valence-electron chi connectivity index (χ4n) is 9.31. The zero-order valence-corrected chi connectivity index (χ0v) is 29.6. The van der Waals surface area contributed by atoms with Gasteiger partial charge in [-0.05, 0) is 72.6 Å². The molecule has 7 rings (SSSR count). The van der Waals surface area contributed by atoms with Crippen LogP contribution in [-0.4, -0.2) is 66.7 Å². The summed E-state index contributed by atoms with van der Waals surface area (Å²) in [5, 5.41) is 10.1. The highest BCUT2D eigenvalue weighted by molar-refractivity contribution is 6.08. The van der Waals surface area contributed by atoms with Crippen molar-refractivity contribution in [2.75, 3.05) is 36.6 Å². The number of fused-ring (bicyclic) bond motifs is 2. The smallest absolute Gasteiger partial charge is 0.264 e. The fourth-order valence-corrected chi connectivity index (χ4v) is 9.31. The van der Waals surface area contributed by atoms with Crippen molar-refractivity contribution in [2.24, 2.45) is 11.8 Å². The minimum Gasteiger partial charge on any atom is -0.497 e. The lowest BCUT2D eigenvalue weighted by Gasteiger charge is -2.39. The first-order valence-electron chi connectivity index (χ1n) is 18.1. The molecule has 3 amide bonds. The largest absolute Gasteiger partial charge is 0.497 e. The number of aliphatic hydroxyl groups is 1. The number of nitrogens with zero attached hydrogens (tertiary/aromatic N) is 3. The van der Waals surface area contributed by atoms with E-state index in [1.807, 2.05) is 70.5 Å². The highest BCUT2D eigenvalue weighted by Gasteiger charge is 2.66. The molecule has 50 heavy (non-hydrogen) atoms. The van der Waals surface area contributed by atoms with Gasteiger partial charge in [0.25, 0.3) is 5.91 Å². The topological polar surface area (TPSA) is 99.6 Å². The van der Waals surface area contributed by atoms with Crippen LogP contribution in [-0.2, 0) is 36.7 Å². The molecular formula is C41H49N3O6. The second-order valence-electron chi connectivity index (χ2n) is 15.0. The molecule has 9 nitrogen and oxygen atoms in total. The van der Waals surface area contributed by atoms with Gasteiger partial charge in [0.1, 0.15) is 5.75 Å². The predicted molar refractivity (Wildman–Crippen MR) is 192 cm³/mol. The first-order valence-corrected chi connectivity index (χ1v) is 18.1. The summed E-state index contributed by atoms with van der Waals surface area (Å²) in [6.45, 7) is 7.98. The van der Waals surface area contributed by atoms with Crippen LogP contribution in [0.5, 0.6) is 5.75 Å². The normalized spacial score (nSPS) is 26.6. The zero-order valence-electron chi connectivity index (χ0n) is 29.6. The van der Waals surface area contributed by atoms with Gasteiger partial charge in [0, 0.05) is 42.6 Å². The van der Waals surface area contributed by atoms with E-state index in [0.29, 0.717) is 26.1 Å². The molecule has 3 fully saturated rings. The Morgan fingerprint density at radius 1 is 1.00 bits per heavy atom. The molecule has 0 aromatic heterocycles. The van der Waals surface area contributed by atoms with Crippen molar-refractivity contribution in [1.82, 2.24) is 4.90 Å². The van der Waals surface area contributed by atoms with Gasteiger partial charge in [0.15, 0.2) is 5.60 Å². The molecule has 264 valence electrons. The summed E-state index contributed by atoms with van der Waals surface area (Å²) in [5.41, 5.74) is 2.45. The molecule has 4 aliphatic rings. The van der Waals surface area contributed by atoms with Gasteiger partial charge in [0.05, 0.1) is 44.5 Å². The Labute approximate surface area is 295 Å². The Hall–Kier alpha value is -4.21. The van der Waals surface area contributed by atoms with Gasteiger partial charge < -0.3 is 29.3 Å². The lowest BCUT2D eigenvalue weighted by molar-refractivity contribution is -0.150. The summed E-state index contributed by atoms with van der Waals surface area (Å²) in [7, 11) is 1.65. The molecule has 3 aromatic carbocycles. The molecule has 0 aliphatic carbocycles. The summed E-state index contributed by atoms with van der Waals surface area (Å²) in [4.78, 5) is 47.9. The first kappa shape index (κ1) is 34.2. The predicted octanol–water partition coefficient (Wildman–Crippen LogP) is 5.96. The number of amides is 3. The summed E-state index contributed by atoms with van der Waals surface area (Å²) in [5.74, 6) is 0.0373. The second-order valence-corrected chi connectivity index (χ2v) is 15.0. The van der Waals surface area contributed by atoms with E-state index in [-0.39, 0.29) is 48.6 Å². The second kappa shape index (κ2) is 13.5. The van der Waals surface area contributed by atoms with Crippen LogP contribution in [0.1, 0.15) is 76.0 Å². The maximum atomic E-state index is 15.2. The molecule has 3 saturated heterocycles. The van der Waals surface area contributed by atoms with Crippen LogP contribution in [0.25, 0.3) is 0 Å². The van der Waals surface area contributed by atoms with Gasteiger partial charge in [-0.15, -0.1) is 0 Å². The quantitative estimate of drug-likeness (QED) is 0.300. The van der Waals surface area contributed by atoms with Crippen LogP contribution in [0.15, 0.2) is 72.8 Å². The standard InChI is InChI=1S/C41H49N3O6/c1-27-38(40(2,3)29-15-18-32(49-4)19-16-29)35(24-37(47)43-22-10-13-31(43)26-45)50-41(27)33-23-30(42-21-9-8-14-36(42)46)17-20-34(33)44(39(41)48)25-28-11-6-5-7-12-28/h5-7,11-12,15-20,23,27,31,35,38,45H,8-10,13-14,21-22,24-26H2,1-4H3/t27-,31+,35+,38-,41+/m1/s1. The summed E-state index contributed by atoms with van der Waals surface area (Å²) in [6, 6.07) is 23.7. The molecule has 1 N–H and O–H groups in total. The number of rotatable bonds is 9. The van der Waals surface area contributed by atoms with Crippen LogP contribution in [0, 0.1) is 11.8 Å². The van der Waals surface area contributed by atoms with Crippen LogP contribution in [0.2, 0.25) is 0 Å². The van der Waals surface area contributed by atoms with E-state index in [2.05, 4.69) is 32.9 Å². The van der Waals surface area contributed by atoms with Crippen molar-refractivity contribution < 1.29 is 29.0 Å². The monoisotopic (exact) mass is 679 g/mol. The van der Waals surface area contributed by atoms with Gasteiger partial charge in [0.2, 0.25) is 11.8 Å².